The van der Waals surface area contributed by atoms with Crippen LogP contribution >= 0.6 is 46.3 Å². The summed E-state index contributed by atoms with van der Waals surface area (Å²) in [5, 5.41) is 9.61. The molecule has 3 N–H and O–H groups in total. The smallest absolute Gasteiger partial charge is 0.341 e. The van der Waals surface area contributed by atoms with Crippen molar-refractivity contribution in [1.29, 1.82) is 0 Å². The minimum Gasteiger partial charge on any atom is -0.462 e. The van der Waals surface area contributed by atoms with Gasteiger partial charge in [0.15, 0.2) is 0 Å². The van der Waals surface area contributed by atoms with Crippen LogP contribution in [0, 0.1) is 0 Å². The third-order valence-corrected chi connectivity index (χ3v) is 11.4. The Kier molecular flexibility index (Phi) is 12.7. The van der Waals surface area contributed by atoms with E-state index in [1.165, 1.54) is 34.7 Å². The molecule has 0 saturated heterocycles. The molecule has 53 heavy (non-hydrogen) atoms. The molecule has 5 aromatic rings. The summed E-state index contributed by atoms with van der Waals surface area (Å²) in [6.45, 7) is 2.00. The predicted octanol–water partition coefficient (Wildman–Crippen LogP) is 9.64. The van der Waals surface area contributed by atoms with Crippen molar-refractivity contribution in [3.63, 3.8) is 0 Å². The van der Waals surface area contributed by atoms with E-state index in [1.807, 2.05) is 24.3 Å². The molecular formula is C41H35Cl2N3O5S2. The van der Waals surface area contributed by atoms with Gasteiger partial charge in [-0.3, -0.25) is 14.4 Å². The van der Waals surface area contributed by atoms with Gasteiger partial charge in [-0.1, -0.05) is 83.9 Å². The number of hydrogen-bond donors (Lipinski definition) is 3. The van der Waals surface area contributed by atoms with Crippen LogP contribution in [0.4, 0.5) is 10.7 Å². The Morgan fingerprint density at radius 1 is 0.887 bits per heavy atom. The lowest BCUT2D eigenvalue weighted by atomic mass is 9.83. The molecule has 1 unspecified atom stereocenters. The van der Waals surface area contributed by atoms with Gasteiger partial charge in [0.25, 0.3) is 11.8 Å². The van der Waals surface area contributed by atoms with Crippen molar-refractivity contribution in [2.24, 2.45) is 0 Å². The minimum absolute atomic E-state index is 0.0537. The summed E-state index contributed by atoms with van der Waals surface area (Å²) in [4.78, 5) is 54.9. The molecule has 3 amide bonds. The van der Waals surface area contributed by atoms with Crippen molar-refractivity contribution in [1.82, 2.24) is 5.32 Å². The summed E-state index contributed by atoms with van der Waals surface area (Å²) in [5.41, 5.74) is 3.77. The number of carbonyl (C=O) groups is 4. The number of anilines is 2. The van der Waals surface area contributed by atoms with Crippen LogP contribution in [-0.4, -0.2) is 36.1 Å². The summed E-state index contributed by atoms with van der Waals surface area (Å²) in [6, 6.07) is 30.8. The number of halogens is 2. The number of thiophene rings is 1. The number of thioether (sulfide) groups is 1. The fourth-order valence-corrected chi connectivity index (χ4v) is 8.61. The van der Waals surface area contributed by atoms with Gasteiger partial charge >= 0.3 is 5.97 Å². The molecule has 6 rings (SSSR count). The average molecular weight is 785 g/mol. The van der Waals surface area contributed by atoms with E-state index in [0.29, 0.717) is 48.2 Å². The first kappa shape index (κ1) is 37.9. The fourth-order valence-electron chi connectivity index (χ4n) is 6.01. The lowest BCUT2D eigenvalue weighted by Gasteiger charge is -2.23. The number of nitrogens with one attached hydrogen (secondary N) is 3. The van der Waals surface area contributed by atoms with Gasteiger partial charge in [0.05, 0.1) is 17.9 Å². The summed E-state index contributed by atoms with van der Waals surface area (Å²) in [7, 11) is 0. The second kappa shape index (κ2) is 17.8. The maximum absolute atomic E-state index is 13.6. The van der Waals surface area contributed by atoms with Crippen molar-refractivity contribution in [2.75, 3.05) is 23.0 Å². The quantitative estimate of drug-likeness (QED) is 0.0660. The molecule has 1 atom stereocenters. The number of carbonyl (C=O) groups excluding carboxylic acids is 4. The first-order chi connectivity index (χ1) is 25.7. The molecule has 0 aliphatic heterocycles. The molecule has 1 aliphatic rings. The molecular weight excluding hydrogens is 750 g/mol. The molecule has 0 radical (unpaired) electrons. The van der Waals surface area contributed by atoms with E-state index >= 15 is 0 Å². The second-order valence-electron chi connectivity index (χ2n) is 12.1. The highest BCUT2D eigenvalue weighted by Gasteiger charge is 2.31. The summed E-state index contributed by atoms with van der Waals surface area (Å²) < 4.78 is 5.40. The molecule has 1 aliphatic carbocycles. The third-order valence-electron chi connectivity index (χ3n) is 8.55. The second-order valence-corrected chi connectivity index (χ2v) is 15.1. The zero-order valence-electron chi connectivity index (χ0n) is 28.6. The number of fused-ring (bicyclic) bond motifs is 1. The third kappa shape index (κ3) is 9.57. The Morgan fingerprint density at radius 3 is 2.30 bits per heavy atom. The maximum Gasteiger partial charge on any atom is 0.341 e. The molecule has 1 aromatic heterocycles. The molecule has 0 spiro atoms. The molecule has 270 valence electrons. The monoisotopic (exact) mass is 783 g/mol. The van der Waals surface area contributed by atoms with Gasteiger partial charge in [0, 0.05) is 36.6 Å². The largest absolute Gasteiger partial charge is 0.462 e. The molecule has 0 bridgehead atoms. The van der Waals surface area contributed by atoms with Gasteiger partial charge in [-0.05, 0) is 91.8 Å². The van der Waals surface area contributed by atoms with Crippen LogP contribution in [0.25, 0.3) is 6.08 Å². The topological polar surface area (TPSA) is 114 Å². The fraction of sp³-hybridized carbons (Fsp3) is 0.171. The predicted molar refractivity (Wildman–Crippen MR) is 214 cm³/mol. The van der Waals surface area contributed by atoms with E-state index in [1.54, 1.807) is 73.7 Å². The summed E-state index contributed by atoms with van der Waals surface area (Å²) >= 11 is 15.5. The number of rotatable bonds is 12. The molecule has 0 saturated carbocycles. The number of ether oxygens (including phenoxy) is 1. The highest BCUT2D eigenvalue weighted by atomic mass is 35.5. The van der Waals surface area contributed by atoms with Crippen LogP contribution in [-0.2, 0) is 27.2 Å². The molecule has 12 heteroatoms. The van der Waals surface area contributed by atoms with Crippen LogP contribution in [0.2, 0.25) is 10.0 Å². The molecule has 8 nitrogen and oxygen atoms in total. The van der Waals surface area contributed by atoms with Crippen LogP contribution in [0.15, 0.2) is 114 Å². The minimum atomic E-state index is -0.604. The Labute approximate surface area is 325 Å². The van der Waals surface area contributed by atoms with Crippen LogP contribution in [0.3, 0.4) is 0 Å². The van der Waals surface area contributed by atoms with Crippen molar-refractivity contribution in [3.8, 4) is 0 Å². The van der Waals surface area contributed by atoms with Crippen molar-refractivity contribution in [3.05, 3.63) is 152 Å². The van der Waals surface area contributed by atoms with E-state index in [0.717, 1.165) is 29.7 Å². The number of hydrogen-bond acceptors (Lipinski definition) is 7. The lowest BCUT2D eigenvalue weighted by Crippen LogP contribution is -2.30. The van der Waals surface area contributed by atoms with Gasteiger partial charge in [-0.15, -0.1) is 23.1 Å². The molecule has 4 aromatic carbocycles. The van der Waals surface area contributed by atoms with Crippen LogP contribution in [0.5, 0.6) is 0 Å². The van der Waals surface area contributed by atoms with E-state index in [4.69, 9.17) is 27.9 Å². The van der Waals surface area contributed by atoms with Crippen LogP contribution < -0.4 is 16.0 Å². The molecule has 0 fully saturated rings. The van der Waals surface area contributed by atoms with E-state index in [-0.39, 0.29) is 24.0 Å². The number of benzene rings is 4. The molecule has 1 heterocycles. The number of amides is 3. The first-order valence-electron chi connectivity index (χ1n) is 16.9. The van der Waals surface area contributed by atoms with Crippen molar-refractivity contribution in [2.45, 2.75) is 37.0 Å². The van der Waals surface area contributed by atoms with Crippen LogP contribution in [0.1, 0.15) is 61.5 Å². The van der Waals surface area contributed by atoms with Gasteiger partial charge < -0.3 is 20.7 Å². The van der Waals surface area contributed by atoms with E-state index in [9.17, 15) is 19.2 Å². The standard InChI is InChI=1S/C41H35Cl2N3O5S2/c1-2-51-41(50)37-30-20-19-27(25-11-5-3-6-12-25)21-35(30)53-40(37)46-36(47)24-52-29-16-9-15-28(22-29)44-39(49)34(23-31-32(42)17-10-18-33(31)43)45-38(48)26-13-7-4-8-14-26/h3-18,22-23,27H,2,19-21,24H2,1H3,(H,44,49)(H,45,48)(H,46,47)/b34-23+. The average Bonchev–Trinajstić information content (AvgIpc) is 3.53. The Hall–Kier alpha value is -4.87. The highest BCUT2D eigenvalue weighted by molar-refractivity contribution is 8.00. The highest BCUT2D eigenvalue weighted by Crippen LogP contribution is 2.43. The van der Waals surface area contributed by atoms with Gasteiger partial charge in [-0.2, -0.15) is 0 Å². The Balaban J connectivity index is 1.14. The SMILES string of the molecule is CCOC(=O)c1c(NC(=O)CSc2cccc(NC(=O)/C(=C\c3c(Cl)cccc3Cl)NC(=O)c3ccccc3)c2)sc2c1CCC(c1ccccc1)C2. The Bertz CT molecular complexity index is 2150. The first-order valence-corrected chi connectivity index (χ1v) is 19.5. The Morgan fingerprint density at radius 2 is 1.58 bits per heavy atom. The van der Waals surface area contributed by atoms with E-state index in [2.05, 4.69) is 28.1 Å². The summed E-state index contributed by atoms with van der Waals surface area (Å²) in [5.74, 6) is -1.41. The normalized spacial score (nSPS) is 13.8. The zero-order valence-corrected chi connectivity index (χ0v) is 31.8. The van der Waals surface area contributed by atoms with Crippen molar-refractivity contribution < 1.29 is 23.9 Å². The van der Waals surface area contributed by atoms with Crippen molar-refractivity contribution >= 4 is 86.8 Å². The maximum atomic E-state index is 13.6. The van der Waals surface area contributed by atoms with Gasteiger partial charge in [-0.25, -0.2) is 4.79 Å². The van der Waals surface area contributed by atoms with Gasteiger partial charge in [0.1, 0.15) is 10.7 Å². The zero-order chi connectivity index (χ0) is 37.3. The number of esters is 1. The lowest BCUT2D eigenvalue weighted by molar-refractivity contribution is -0.114. The van der Waals surface area contributed by atoms with Gasteiger partial charge in [0.2, 0.25) is 5.91 Å². The van der Waals surface area contributed by atoms with E-state index < -0.39 is 17.8 Å². The summed E-state index contributed by atoms with van der Waals surface area (Å²) in [6.07, 6.45) is 3.85.